The zero-order valence-electron chi connectivity index (χ0n) is 40.7. The van der Waals surface area contributed by atoms with Crippen LogP contribution in [-0.2, 0) is 18.4 Å². The fraction of sp³-hybridized carbons (Fsp3) is 0.941. The van der Waals surface area contributed by atoms with Gasteiger partial charge in [0.1, 0.15) is 13.2 Å². The first-order valence-corrected chi connectivity index (χ1v) is 27.5. The van der Waals surface area contributed by atoms with E-state index in [1.807, 2.05) is 21.1 Å². The van der Waals surface area contributed by atoms with Crippen LogP contribution >= 0.6 is 7.82 Å². The normalized spacial score (nSPS) is 14.2. The number of likely N-dealkylation sites (N-methyl/N-ethyl adjacent to an activating group) is 1. The van der Waals surface area contributed by atoms with Crippen LogP contribution in [0.3, 0.4) is 0 Å². The number of aliphatic hydroxyl groups is 1. The van der Waals surface area contributed by atoms with Gasteiger partial charge in [0.25, 0.3) is 0 Å². The number of nitrogens with zero attached hydrogens (tertiary/aromatic N) is 1. The van der Waals surface area contributed by atoms with Crippen LogP contribution in [0.4, 0.5) is 0 Å². The van der Waals surface area contributed by atoms with Crippen LogP contribution < -0.4 is 5.32 Å². The number of hydrogen-bond acceptors (Lipinski definition) is 5. The molecule has 0 radical (unpaired) electrons. The number of carbonyl (C=O) groups is 1. The topological polar surface area (TPSA) is 105 Å². The van der Waals surface area contributed by atoms with Gasteiger partial charge in [0.15, 0.2) is 0 Å². The fourth-order valence-corrected chi connectivity index (χ4v) is 8.60. The number of phosphoric ester groups is 1. The molecular formula is C51H104N2O6P+. The molecule has 0 saturated carbocycles. The second-order valence-electron chi connectivity index (χ2n) is 19.3. The molecule has 8 nitrogen and oxygen atoms in total. The van der Waals surface area contributed by atoms with E-state index in [9.17, 15) is 19.4 Å². The minimum atomic E-state index is -4.32. The summed E-state index contributed by atoms with van der Waals surface area (Å²) in [4.78, 5) is 23.3. The highest BCUT2D eigenvalue weighted by molar-refractivity contribution is 7.47. The van der Waals surface area contributed by atoms with Crippen LogP contribution in [0.25, 0.3) is 0 Å². The van der Waals surface area contributed by atoms with Crippen molar-refractivity contribution in [1.82, 2.24) is 5.32 Å². The van der Waals surface area contributed by atoms with Gasteiger partial charge in [-0.3, -0.25) is 13.8 Å². The van der Waals surface area contributed by atoms with Gasteiger partial charge >= 0.3 is 7.82 Å². The maximum absolute atomic E-state index is 12.9. The number of quaternary nitrogens is 1. The van der Waals surface area contributed by atoms with Crippen LogP contribution in [0.5, 0.6) is 0 Å². The van der Waals surface area contributed by atoms with Gasteiger partial charge in [-0.25, -0.2) is 4.57 Å². The van der Waals surface area contributed by atoms with Crippen molar-refractivity contribution in [3.63, 3.8) is 0 Å². The highest BCUT2D eigenvalue weighted by atomic mass is 31.2. The molecule has 0 saturated heterocycles. The third-order valence-corrected chi connectivity index (χ3v) is 13.0. The van der Waals surface area contributed by atoms with E-state index in [1.165, 1.54) is 193 Å². The van der Waals surface area contributed by atoms with Crippen molar-refractivity contribution in [3.05, 3.63) is 12.2 Å². The van der Waals surface area contributed by atoms with Crippen molar-refractivity contribution in [2.24, 2.45) is 0 Å². The number of allylic oxidation sites excluding steroid dienone is 2. The number of aliphatic hydroxyl groups excluding tert-OH is 1. The molecule has 3 atom stereocenters. The number of amides is 1. The van der Waals surface area contributed by atoms with E-state index < -0.39 is 20.0 Å². The van der Waals surface area contributed by atoms with Gasteiger partial charge in [-0.05, 0) is 38.5 Å². The van der Waals surface area contributed by atoms with E-state index in [1.54, 1.807) is 0 Å². The first kappa shape index (κ1) is 59.2. The van der Waals surface area contributed by atoms with Gasteiger partial charge in [-0.1, -0.05) is 225 Å². The quantitative estimate of drug-likeness (QED) is 0.0243. The predicted molar refractivity (Wildman–Crippen MR) is 259 cm³/mol. The smallest absolute Gasteiger partial charge is 0.391 e. The van der Waals surface area contributed by atoms with Gasteiger partial charge < -0.3 is 19.8 Å². The van der Waals surface area contributed by atoms with Crippen molar-refractivity contribution in [2.45, 2.75) is 270 Å². The molecule has 9 heteroatoms. The summed E-state index contributed by atoms with van der Waals surface area (Å²) in [6.45, 7) is 4.91. The lowest BCUT2D eigenvalue weighted by Crippen LogP contribution is -2.46. The Kier molecular flexibility index (Phi) is 42.9. The third-order valence-electron chi connectivity index (χ3n) is 12.0. The summed E-state index contributed by atoms with van der Waals surface area (Å²) in [6.07, 6.45) is 51.0. The minimum absolute atomic E-state index is 0.0761. The average molecular weight is 872 g/mol. The Morgan fingerprint density at radius 1 is 0.550 bits per heavy atom. The number of unbranched alkanes of at least 4 members (excludes halogenated alkanes) is 33. The lowest BCUT2D eigenvalue weighted by atomic mass is 10.0. The second kappa shape index (κ2) is 43.5. The fourth-order valence-electron chi connectivity index (χ4n) is 7.87. The molecule has 0 aromatic rings. The Bertz CT molecular complexity index is 989. The Morgan fingerprint density at radius 2 is 0.900 bits per heavy atom. The van der Waals surface area contributed by atoms with Gasteiger partial charge in [0.05, 0.1) is 39.9 Å². The Morgan fingerprint density at radius 3 is 1.28 bits per heavy atom. The zero-order valence-corrected chi connectivity index (χ0v) is 41.6. The Balaban J connectivity index is 4.24. The number of hydrogen-bond donors (Lipinski definition) is 3. The van der Waals surface area contributed by atoms with E-state index in [2.05, 4.69) is 31.3 Å². The van der Waals surface area contributed by atoms with Crippen LogP contribution in [0, 0.1) is 0 Å². The lowest BCUT2D eigenvalue weighted by Gasteiger charge is -2.26. The van der Waals surface area contributed by atoms with E-state index in [0.29, 0.717) is 23.9 Å². The van der Waals surface area contributed by atoms with E-state index in [0.717, 1.165) is 38.5 Å². The maximum atomic E-state index is 12.9. The van der Waals surface area contributed by atoms with Crippen molar-refractivity contribution >= 4 is 13.7 Å². The molecule has 0 spiro atoms. The Hall–Kier alpha value is -0.760. The summed E-state index contributed by atoms with van der Waals surface area (Å²) in [6, 6.07) is -0.759. The van der Waals surface area contributed by atoms with Gasteiger partial charge in [0.2, 0.25) is 5.91 Å². The highest BCUT2D eigenvalue weighted by Crippen LogP contribution is 2.43. The number of nitrogens with one attached hydrogen (secondary N) is 1. The second-order valence-corrected chi connectivity index (χ2v) is 20.7. The highest BCUT2D eigenvalue weighted by Gasteiger charge is 2.28. The largest absolute Gasteiger partial charge is 0.472 e. The molecule has 0 heterocycles. The van der Waals surface area contributed by atoms with Crippen LogP contribution in [-0.4, -0.2) is 73.4 Å². The standard InChI is InChI=1S/C51H103N2O6P/c1-6-8-10-12-14-16-18-20-22-24-26-27-28-30-32-34-36-38-40-42-44-50(54)49(48-59-60(56,57)58-47-46-53(3,4)5)52-51(55)45-43-41-39-37-35-33-31-29-25-23-21-19-17-15-13-11-9-7-2/h23,25,49-50,54H,6-22,24,26-48H2,1-5H3,(H-,52,55,56,57)/p+1/b25-23-. The molecule has 60 heavy (non-hydrogen) atoms. The van der Waals surface area contributed by atoms with E-state index in [4.69, 9.17) is 9.05 Å². The van der Waals surface area contributed by atoms with E-state index in [-0.39, 0.29) is 19.1 Å². The maximum Gasteiger partial charge on any atom is 0.472 e. The van der Waals surface area contributed by atoms with Crippen molar-refractivity contribution in [2.75, 3.05) is 40.9 Å². The lowest BCUT2D eigenvalue weighted by molar-refractivity contribution is -0.870. The van der Waals surface area contributed by atoms with Gasteiger partial charge in [-0.2, -0.15) is 0 Å². The summed E-state index contributed by atoms with van der Waals surface area (Å²) in [7, 11) is 1.62. The summed E-state index contributed by atoms with van der Waals surface area (Å²) in [5, 5.41) is 14.0. The monoisotopic (exact) mass is 872 g/mol. The molecular weight excluding hydrogens is 768 g/mol. The SMILES string of the molecule is CCCCCCCCC/C=C\CCCCCCCCCC(=O)NC(COP(=O)(O)OCC[N+](C)(C)C)C(O)CCCCCCCCCCCCCCCCCCCCCC. The van der Waals surface area contributed by atoms with Crippen molar-refractivity contribution < 1.29 is 32.9 Å². The first-order chi connectivity index (χ1) is 29.0. The zero-order chi connectivity index (χ0) is 44.3. The average Bonchev–Trinajstić information content (AvgIpc) is 3.20. The Labute approximate surface area is 373 Å². The molecule has 0 aromatic heterocycles. The molecule has 3 unspecified atom stereocenters. The van der Waals surface area contributed by atoms with Crippen molar-refractivity contribution in [1.29, 1.82) is 0 Å². The molecule has 0 aliphatic carbocycles. The molecule has 0 fully saturated rings. The summed E-state index contributed by atoms with van der Waals surface area (Å²) < 4.78 is 23.7. The van der Waals surface area contributed by atoms with Crippen LogP contribution in [0.15, 0.2) is 12.2 Å². The first-order valence-electron chi connectivity index (χ1n) is 26.1. The number of rotatable bonds is 48. The molecule has 0 aliphatic rings. The van der Waals surface area contributed by atoms with E-state index >= 15 is 0 Å². The van der Waals surface area contributed by atoms with Gasteiger partial charge in [0, 0.05) is 6.42 Å². The summed E-state index contributed by atoms with van der Waals surface area (Å²) in [5.74, 6) is -0.145. The number of phosphoric acid groups is 1. The third kappa shape index (κ3) is 45.3. The summed E-state index contributed by atoms with van der Waals surface area (Å²) >= 11 is 0. The molecule has 1 amide bonds. The van der Waals surface area contributed by atoms with Gasteiger partial charge in [-0.15, -0.1) is 0 Å². The molecule has 0 aliphatic heterocycles. The molecule has 0 aromatic carbocycles. The molecule has 0 bridgehead atoms. The molecule has 3 N–H and O–H groups in total. The van der Waals surface area contributed by atoms with Crippen LogP contribution in [0.2, 0.25) is 0 Å². The predicted octanol–water partition coefficient (Wildman–Crippen LogP) is 15.1. The number of carbonyl (C=O) groups excluding carboxylic acids is 1. The minimum Gasteiger partial charge on any atom is -0.391 e. The molecule has 0 rings (SSSR count). The van der Waals surface area contributed by atoms with Crippen molar-refractivity contribution in [3.8, 4) is 0 Å². The molecule has 358 valence electrons. The summed E-state index contributed by atoms with van der Waals surface area (Å²) in [5.41, 5.74) is 0. The van der Waals surface area contributed by atoms with Crippen LogP contribution in [0.1, 0.15) is 258 Å².